The number of fused-ring (bicyclic) bond motifs is 1. The second-order valence-corrected chi connectivity index (χ2v) is 13.4. The molecule has 0 spiro atoms. The molecule has 1 aliphatic heterocycles. The van der Waals surface area contributed by atoms with Crippen LogP contribution in [-0.4, -0.2) is 48.2 Å². The normalized spacial score (nSPS) is 15.7. The maximum absolute atomic E-state index is 14.1. The van der Waals surface area contributed by atoms with Gasteiger partial charge < -0.3 is 9.13 Å². The zero-order valence-electron chi connectivity index (χ0n) is 26.2. The van der Waals surface area contributed by atoms with E-state index in [0.29, 0.717) is 53.2 Å². The topological polar surface area (TPSA) is 68.8 Å². The van der Waals surface area contributed by atoms with Crippen LogP contribution in [0.3, 0.4) is 0 Å². The molecule has 5 aromatic rings. The van der Waals surface area contributed by atoms with Crippen LogP contribution in [0.4, 0.5) is 17.6 Å². The van der Waals surface area contributed by atoms with Gasteiger partial charge in [-0.15, -0.1) is 10.2 Å². The molecule has 7 rings (SSSR count). The van der Waals surface area contributed by atoms with Gasteiger partial charge in [0.2, 0.25) is 0 Å². The number of aromatic nitrogens is 5. The lowest BCUT2D eigenvalue weighted by molar-refractivity contribution is 0.0112. The summed E-state index contributed by atoms with van der Waals surface area (Å²) >= 11 is 1.41. The highest BCUT2D eigenvalue weighted by atomic mass is 32.2. The van der Waals surface area contributed by atoms with Crippen molar-refractivity contribution in [3.63, 3.8) is 0 Å². The number of benzene rings is 3. The van der Waals surface area contributed by atoms with Gasteiger partial charge in [0.1, 0.15) is 18.3 Å². The van der Waals surface area contributed by atoms with E-state index in [4.69, 9.17) is 0 Å². The summed E-state index contributed by atoms with van der Waals surface area (Å²) in [4.78, 5) is 19.2. The Morgan fingerprint density at radius 2 is 1.42 bits per heavy atom. The number of likely N-dealkylation sites (tertiary alicyclic amines) is 1. The molecule has 7 nitrogen and oxygen atoms in total. The highest BCUT2D eigenvalue weighted by Crippen LogP contribution is 2.30. The monoisotopic (exact) mass is 674 g/mol. The van der Waals surface area contributed by atoms with E-state index in [1.54, 1.807) is 29.2 Å². The third kappa shape index (κ3) is 7.09. The Balaban J connectivity index is 1.20. The molecule has 1 aliphatic carbocycles. The molecule has 0 amide bonds. The fourth-order valence-corrected chi connectivity index (χ4v) is 7.40. The zero-order chi connectivity index (χ0) is 33.3. The van der Waals surface area contributed by atoms with Crippen molar-refractivity contribution in [1.29, 1.82) is 0 Å². The van der Waals surface area contributed by atoms with Crippen molar-refractivity contribution in [3.8, 4) is 11.1 Å². The number of hydrogen-bond donors (Lipinski definition) is 0. The van der Waals surface area contributed by atoms with E-state index in [1.807, 2.05) is 45.5 Å². The smallest absolute Gasteiger partial charge is 0.277 e. The molecule has 0 N–H and O–H groups in total. The molecule has 3 heterocycles. The third-order valence-corrected chi connectivity index (χ3v) is 10.1. The van der Waals surface area contributed by atoms with Gasteiger partial charge in [-0.1, -0.05) is 72.4 Å². The first-order valence-corrected chi connectivity index (χ1v) is 17.0. The van der Waals surface area contributed by atoms with Gasteiger partial charge in [-0.3, -0.25) is 9.69 Å². The number of alkyl halides is 3. The summed E-state index contributed by atoms with van der Waals surface area (Å²) in [6.45, 7) is 0.373. The first-order chi connectivity index (χ1) is 23.2. The standard InChI is InChI=1S/C36H34F4N6OS/c37-18-24-4-10-27(11-5-24)28-12-6-25(7-13-28)19-46-32(20-44-17-16-36(39,40)23-44)42-43-33(46)21-45-31-3-1-2-30(31)34(47)41-35(45)48-22-26-8-14-29(38)15-9-26/h4-15H,1-3,16-23H2. The number of thioether (sulfide) groups is 1. The molecule has 0 saturated carbocycles. The lowest BCUT2D eigenvalue weighted by atomic mass is 10.0. The summed E-state index contributed by atoms with van der Waals surface area (Å²) in [6.07, 6.45) is 2.05. The van der Waals surface area contributed by atoms with Gasteiger partial charge in [0.25, 0.3) is 11.5 Å². The van der Waals surface area contributed by atoms with E-state index in [2.05, 4.69) is 15.2 Å². The van der Waals surface area contributed by atoms with E-state index in [-0.39, 0.29) is 37.4 Å². The largest absolute Gasteiger partial charge is 0.316 e. The van der Waals surface area contributed by atoms with Crippen molar-refractivity contribution in [2.45, 2.75) is 68.8 Å². The fourth-order valence-electron chi connectivity index (χ4n) is 6.43. The average Bonchev–Trinajstić information content (AvgIpc) is 3.82. The fraction of sp³-hybridized carbons (Fsp3) is 0.333. The van der Waals surface area contributed by atoms with Crippen LogP contribution in [0.15, 0.2) is 82.7 Å². The van der Waals surface area contributed by atoms with Gasteiger partial charge in [0.15, 0.2) is 11.0 Å². The van der Waals surface area contributed by atoms with E-state index in [9.17, 15) is 22.4 Å². The minimum absolute atomic E-state index is 0.189. The predicted octanol–water partition coefficient (Wildman–Crippen LogP) is 6.83. The van der Waals surface area contributed by atoms with Gasteiger partial charge in [-0.05, 0) is 59.2 Å². The summed E-state index contributed by atoms with van der Waals surface area (Å²) in [5.41, 5.74) is 5.88. The van der Waals surface area contributed by atoms with Crippen molar-refractivity contribution in [1.82, 2.24) is 29.2 Å². The first-order valence-electron chi connectivity index (χ1n) is 16.0. The van der Waals surface area contributed by atoms with Crippen molar-refractivity contribution in [3.05, 3.63) is 129 Å². The second kappa shape index (κ2) is 13.7. The molecule has 0 atom stereocenters. The van der Waals surface area contributed by atoms with E-state index in [0.717, 1.165) is 40.8 Å². The number of hydrogen-bond acceptors (Lipinski definition) is 6. The lowest BCUT2D eigenvalue weighted by Crippen LogP contribution is -2.27. The van der Waals surface area contributed by atoms with Gasteiger partial charge in [-0.25, -0.2) is 17.6 Å². The van der Waals surface area contributed by atoms with Gasteiger partial charge in [-0.2, -0.15) is 4.98 Å². The van der Waals surface area contributed by atoms with E-state index >= 15 is 0 Å². The highest BCUT2D eigenvalue weighted by molar-refractivity contribution is 7.98. The molecule has 2 aromatic heterocycles. The van der Waals surface area contributed by atoms with Crippen LogP contribution in [0.25, 0.3) is 11.1 Å². The Bertz CT molecular complexity index is 1960. The Hall–Kier alpha value is -4.29. The number of rotatable bonds is 11. The van der Waals surface area contributed by atoms with Crippen LogP contribution in [0.5, 0.6) is 0 Å². The van der Waals surface area contributed by atoms with Crippen molar-refractivity contribution < 1.29 is 17.6 Å². The molecule has 12 heteroatoms. The molecule has 2 aliphatic rings. The molecule has 1 fully saturated rings. The highest BCUT2D eigenvalue weighted by Gasteiger charge is 2.38. The molecule has 3 aromatic carbocycles. The van der Waals surface area contributed by atoms with E-state index < -0.39 is 12.6 Å². The van der Waals surface area contributed by atoms with Crippen molar-refractivity contribution >= 4 is 11.8 Å². The van der Waals surface area contributed by atoms with Crippen LogP contribution in [0.2, 0.25) is 0 Å². The first kappa shape index (κ1) is 32.3. The molecule has 0 unspecified atom stereocenters. The minimum atomic E-state index is -2.73. The second-order valence-electron chi connectivity index (χ2n) is 12.4. The number of nitrogens with zero attached hydrogens (tertiary/aromatic N) is 6. The third-order valence-electron chi connectivity index (χ3n) is 9.04. The van der Waals surface area contributed by atoms with Crippen molar-refractivity contribution in [2.75, 3.05) is 13.1 Å². The Kier molecular flexibility index (Phi) is 9.19. The van der Waals surface area contributed by atoms with E-state index in [1.165, 1.54) is 23.9 Å². The van der Waals surface area contributed by atoms with Gasteiger partial charge in [0.05, 0.1) is 26.2 Å². The number of halogens is 4. The van der Waals surface area contributed by atoms with Crippen LogP contribution < -0.4 is 5.56 Å². The Morgan fingerprint density at radius 3 is 2.06 bits per heavy atom. The predicted molar refractivity (Wildman–Crippen MR) is 176 cm³/mol. The van der Waals surface area contributed by atoms with Gasteiger partial charge >= 0.3 is 0 Å². The molecule has 1 saturated heterocycles. The summed E-state index contributed by atoms with van der Waals surface area (Å²) < 4.78 is 58.8. The van der Waals surface area contributed by atoms with Crippen LogP contribution in [0.1, 0.15) is 52.4 Å². The summed E-state index contributed by atoms with van der Waals surface area (Å²) in [5, 5.41) is 9.62. The molecule has 0 bridgehead atoms. The minimum Gasteiger partial charge on any atom is -0.316 e. The SMILES string of the molecule is O=c1nc(SCc2ccc(F)cc2)n(Cc2nnc(CN3CCC(F)(F)C3)n2Cc2ccc(-c3ccc(CF)cc3)cc2)c2c1CCC2. The quantitative estimate of drug-likeness (QED) is 0.0870. The maximum atomic E-state index is 14.1. The molecule has 0 radical (unpaired) electrons. The summed E-state index contributed by atoms with van der Waals surface area (Å²) in [5.74, 6) is -1.34. The Labute approximate surface area is 279 Å². The van der Waals surface area contributed by atoms with Crippen LogP contribution >= 0.6 is 11.8 Å². The van der Waals surface area contributed by atoms with Crippen molar-refractivity contribution in [2.24, 2.45) is 0 Å². The summed E-state index contributed by atoms with van der Waals surface area (Å²) in [6, 6.07) is 21.6. The van der Waals surface area contributed by atoms with Crippen LogP contribution in [-0.2, 0) is 44.9 Å². The molecular formula is C36H34F4N6OS. The zero-order valence-corrected chi connectivity index (χ0v) is 27.0. The molecule has 248 valence electrons. The summed E-state index contributed by atoms with van der Waals surface area (Å²) in [7, 11) is 0. The molecule has 48 heavy (non-hydrogen) atoms. The lowest BCUT2D eigenvalue weighted by Gasteiger charge is -2.19. The molecular weight excluding hydrogens is 640 g/mol. The van der Waals surface area contributed by atoms with Gasteiger partial charge in [0, 0.05) is 30.0 Å². The average molecular weight is 675 g/mol. The van der Waals surface area contributed by atoms with Crippen LogP contribution in [0, 0.1) is 5.82 Å². The maximum Gasteiger partial charge on any atom is 0.277 e. The Morgan fingerprint density at radius 1 is 0.771 bits per heavy atom.